The Labute approximate surface area is 133 Å². The third-order valence-electron chi connectivity index (χ3n) is 3.02. The number of aliphatic hydroxyl groups is 1. The highest BCUT2D eigenvalue weighted by Crippen LogP contribution is 2.19. The van der Waals surface area contributed by atoms with Gasteiger partial charge in [-0.15, -0.1) is 0 Å². The van der Waals surface area contributed by atoms with Crippen molar-refractivity contribution in [1.29, 1.82) is 0 Å². The summed E-state index contributed by atoms with van der Waals surface area (Å²) in [6.45, 7) is -0.147. The molecule has 0 radical (unpaired) electrons. The Bertz CT molecular complexity index is 738. The molecule has 1 atom stereocenters. The van der Waals surface area contributed by atoms with Gasteiger partial charge >= 0.3 is 0 Å². The second-order valence-corrected chi connectivity index (χ2v) is 6.95. The van der Waals surface area contributed by atoms with Crippen molar-refractivity contribution in [1.82, 2.24) is 4.72 Å². The third-order valence-corrected chi connectivity index (χ3v) is 4.74. The summed E-state index contributed by atoms with van der Waals surface area (Å²) in [6.07, 6.45) is -0.541. The van der Waals surface area contributed by atoms with Crippen molar-refractivity contribution < 1.29 is 17.9 Å². The van der Waals surface area contributed by atoms with Gasteiger partial charge < -0.3 is 5.11 Å². The van der Waals surface area contributed by atoms with Crippen LogP contribution in [0.4, 0.5) is 4.39 Å². The third kappa shape index (κ3) is 4.51. The van der Waals surface area contributed by atoms with E-state index in [1.165, 1.54) is 0 Å². The molecule has 0 fully saturated rings. The number of benzene rings is 2. The summed E-state index contributed by atoms with van der Waals surface area (Å²) >= 11 is 5.57. The maximum Gasteiger partial charge on any atom is 0.240 e. The maximum absolute atomic E-state index is 13.1. The number of nitrogens with one attached hydrogen (secondary N) is 1. The van der Waals surface area contributed by atoms with Crippen LogP contribution in [0.3, 0.4) is 0 Å². The van der Waals surface area contributed by atoms with Crippen molar-refractivity contribution in [2.45, 2.75) is 17.4 Å². The molecule has 118 valence electrons. The zero-order chi connectivity index (χ0) is 16.2. The summed E-state index contributed by atoms with van der Waals surface area (Å²) in [5.41, 5.74) is 0.902. The molecule has 1 unspecified atom stereocenters. The first-order valence-corrected chi connectivity index (χ1v) is 8.41. The molecule has 0 aliphatic rings. The van der Waals surface area contributed by atoms with Gasteiger partial charge in [0.05, 0.1) is 16.0 Å². The van der Waals surface area contributed by atoms with Gasteiger partial charge in [0.15, 0.2) is 0 Å². The van der Waals surface area contributed by atoms with Gasteiger partial charge in [-0.05, 0) is 30.2 Å². The van der Waals surface area contributed by atoms with Crippen LogP contribution in [0.5, 0.6) is 0 Å². The van der Waals surface area contributed by atoms with E-state index < -0.39 is 21.9 Å². The number of halogens is 2. The molecule has 0 aromatic heterocycles. The molecule has 0 aliphatic heterocycles. The normalized spacial score (nSPS) is 13.0. The van der Waals surface area contributed by atoms with Gasteiger partial charge in [-0.3, -0.25) is 0 Å². The predicted molar refractivity (Wildman–Crippen MR) is 82.8 cm³/mol. The van der Waals surface area contributed by atoms with E-state index in [1.807, 2.05) is 30.3 Å². The monoisotopic (exact) mass is 343 g/mol. The molecular weight excluding hydrogens is 329 g/mol. The van der Waals surface area contributed by atoms with Crippen LogP contribution in [0.15, 0.2) is 53.4 Å². The van der Waals surface area contributed by atoms with E-state index in [0.717, 1.165) is 23.8 Å². The molecular formula is C15H15ClFNO3S. The van der Waals surface area contributed by atoms with E-state index in [0.29, 0.717) is 6.42 Å². The van der Waals surface area contributed by atoms with Crippen LogP contribution in [-0.4, -0.2) is 26.2 Å². The zero-order valence-electron chi connectivity index (χ0n) is 11.5. The Morgan fingerprint density at radius 2 is 1.86 bits per heavy atom. The Morgan fingerprint density at radius 3 is 2.50 bits per heavy atom. The lowest BCUT2D eigenvalue weighted by molar-refractivity contribution is 0.179. The topological polar surface area (TPSA) is 66.4 Å². The van der Waals surface area contributed by atoms with Gasteiger partial charge in [0, 0.05) is 6.54 Å². The van der Waals surface area contributed by atoms with Crippen molar-refractivity contribution in [2.75, 3.05) is 6.54 Å². The fourth-order valence-corrected chi connectivity index (χ4v) is 3.24. The quantitative estimate of drug-likeness (QED) is 0.846. The van der Waals surface area contributed by atoms with Crippen molar-refractivity contribution in [3.05, 3.63) is 64.9 Å². The van der Waals surface area contributed by atoms with Crippen molar-refractivity contribution >= 4 is 21.6 Å². The molecule has 7 heteroatoms. The molecule has 0 saturated heterocycles. The summed E-state index contributed by atoms with van der Waals surface area (Å²) in [4.78, 5) is -0.147. The standard InChI is InChI=1S/C15H15ClFNO3S/c16-14-9-13(6-7-15(14)17)22(20,21)18-10-12(19)8-11-4-2-1-3-5-11/h1-7,9,12,18-19H,8,10H2. The Hall–Kier alpha value is -1.47. The average molecular weight is 344 g/mol. The van der Waals surface area contributed by atoms with Gasteiger partial charge in [-0.2, -0.15) is 0 Å². The summed E-state index contributed by atoms with van der Waals surface area (Å²) < 4.78 is 39.4. The van der Waals surface area contributed by atoms with Crippen LogP contribution >= 0.6 is 11.6 Å². The van der Waals surface area contributed by atoms with Crippen LogP contribution in [-0.2, 0) is 16.4 Å². The second-order valence-electron chi connectivity index (χ2n) is 4.77. The van der Waals surface area contributed by atoms with E-state index in [2.05, 4.69) is 4.72 Å². The zero-order valence-corrected chi connectivity index (χ0v) is 13.1. The van der Waals surface area contributed by atoms with Crippen LogP contribution in [0, 0.1) is 5.82 Å². The van der Waals surface area contributed by atoms with E-state index in [1.54, 1.807) is 0 Å². The minimum absolute atomic E-state index is 0.147. The maximum atomic E-state index is 13.1. The van der Waals surface area contributed by atoms with Crippen molar-refractivity contribution in [3.8, 4) is 0 Å². The number of aliphatic hydroxyl groups excluding tert-OH is 1. The van der Waals surface area contributed by atoms with Crippen molar-refractivity contribution in [2.24, 2.45) is 0 Å². The molecule has 4 nitrogen and oxygen atoms in total. The van der Waals surface area contributed by atoms with Gasteiger partial charge in [-0.25, -0.2) is 17.5 Å². The first-order chi connectivity index (χ1) is 10.4. The van der Waals surface area contributed by atoms with E-state index in [4.69, 9.17) is 11.6 Å². The predicted octanol–water partition coefficient (Wildman–Crippen LogP) is 2.36. The van der Waals surface area contributed by atoms with Crippen LogP contribution in [0.25, 0.3) is 0 Å². The molecule has 0 bridgehead atoms. The summed E-state index contributed by atoms with van der Waals surface area (Å²) in [5.74, 6) is -0.690. The van der Waals surface area contributed by atoms with Gasteiger partial charge in [-0.1, -0.05) is 41.9 Å². The highest BCUT2D eigenvalue weighted by molar-refractivity contribution is 7.89. The molecule has 0 heterocycles. The molecule has 0 aliphatic carbocycles. The average Bonchev–Trinajstić information content (AvgIpc) is 2.49. The number of hydrogen-bond acceptors (Lipinski definition) is 3. The van der Waals surface area contributed by atoms with Crippen molar-refractivity contribution in [3.63, 3.8) is 0 Å². The molecule has 0 spiro atoms. The van der Waals surface area contributed by atoms with E-state index >= 15 is 0 Å². The highest BCUT2D eigenvalue weighted by atomic mass is 35.5. The molecule has 2 N–H and O–H groups in total. The largest absolute Gasteiger partial charge is 0.391 e. The molecule has 2 aromatic carbocycles. The fourth-order valence-electron chi connectivity index (χ4n) is 1.89. The lowest BCUT2D eigenvalue weighted by atomic mass is 10.1. The number of sulfonamides is 1. The molecule has 0 saturated carbocycles. The SMILES string of the molecule is O=S(=O)(NCC(O)Cc1ccccc1)c1ccc(F)c(Cl)c1. The summed E-state index contributed by atoms with van der Waals surface area (Å²) in [5, 5.41) is 9.63. The lowest BCUT2D eigenvalue weighted by Crippen LogP contribution is -2.33. The first kappa shape index (κ1) is 16.9. The minimum Gasteiger partial charge on any atom is -0.391 e. The van der Waals surface area contributed by atoms with Gasteiger partial charge in [0.1, 0.15) is 5.82 Å². The molecule has 22 heavy (non-hydrogen) atoms. The van der Waals surface area contributed by atoms with Crippen LogP contribution in [0.1, 0.15) is 5.56 Å². The molecule has 2 aromatic rings. The van der Waals surface area contributed by atoms with Crippen LogP contribution in [0.2, 0.25) is 5.02 Å². The van der Waals surface area contributed by atoms with Gasteiger partial charge in [0.25, 0.3) is 0 Å². The number of rotatable bonds is 6. The smallest absolute Gasteiger partial charge is 0.240 e. The van der Waals surface area contributed by atoms with Crippen LogP contribution < -0.4 is 4.72 Å². The minimum atomic E-state index is -3.85. The highest BCUT2D eigenvalue weighted by Gasteiger charge is 2.17. The Balaban J connectivity index is 1.98. The number of hydrogen-bond donors (Lipinski definition) is 2. The summed E-state index contributed by atoms with van der Waals surface area (Å²) in [7, 11) is -3.85. The molecule has 2 rings (SSSR count). The fraction of sp³-hybridized carbons (Fsp3) is 0.200. The second kappa shape index (κ2) is 7.19. The Kier molecular flexibility index (Phi) is 5.52. The Morgan fingerprint density at radius 1 is 1.18 bits per heavy atom. The van der Waals surface area contributed by atoms with E-state index in [-0.39, 0.29) is 16.5 Å². The lowest BCUT2D eigenvalue weighted by Gasteiger charge is -2.12. The first-order valence-electron chi connectivity index (χ1n) is 6.55. The van der Waals surface area contributed by atoms with Gasteiger partial charge in [0.2, 0.25) is 10.0 Å². The van der Waals surface area contributed by atoms with E-state index in [9.17, 15) is 17.9 Å². The summed E-state index contributed by atoms with van der Waals surface area (Å²) in [6, 6.07) is 12.4. The molecule has 0 amide bonds.